The quantitative estimate of drug-likeness (QED) is 0.529. The average Bonchev–Trinajstić information content (AvgIpc) is 2.74. The van der Waals surface area contributed by atoms with Crippen LogP contribution in [-0.2, 0) is 13.2 Å². The van der Waals surface area contributed by atoms with Gasteiger partial charge in [0.05, 0.1) is 23.3 Å². The van der Waals surface area contributed by atoms with Crippen molar-refractivity contribution >= 4 is 29.5 Å². The van der Waals surface area contributed by atoms with E-state index in [0.29, 0.717) is 31.6 Å². The SMILES string of the molecule is N#Cc1ccc(-c2cc(Cl)c(Sc3ncccc3CO)c(CNC(=O)O)c2)cc1. The molecule has 0 saturated carbocycles. The number of benzene rings is 2. The molecule has 146 valence electrons. The molecule has 0 radical (unpaired) electrons. The molecule has 0 unspecified atom stereocenters. The first-order chi connectivity index (χ1) is 14.0. The van der Waals surface area contributed by atoms with E-state index in [1.807, 2.05) is 18.2 Å². The lowest BCUT2D eigenvalue weighted by atomic mass is 10.0. The molecule has 29 heavy (non-hydrogen) atoms. The molecule has 0 atom stereocenters. The molecule has 0 aliphatic rings. The van der Waals surface area contributed by atoms with Crippen LogP contribution in [0.2, 0.25) is 5.02 Å². The van der Waals surface area contributed by atoms with Crippen LogP contribution in [0.5, 0.6) is 0 Å². The molecular formula is C21H16ClN3O3S. The highest BCUT2D eigenvalue weighted by atomic mass is 35.5. The summed E-state index contributed by atoms with van der Waals surface area (Å²) >= 11 is 7.84. The van der Waals surface area contributed by atoms with Gasteiger partial charge in [0.25, 0.3) is 0 Å². The Kier molecular flexibility index (Phi) is 6.73. The van der Waals surface area contributed by atoms with Crippen molar-refractivity contribution in [2.24, 2.45) is 0 Å². The molecular weight excluding hydrogens is 410 g/mol. The number of aromatic nitrogens is 1. The number of nitrogens with zero attached hydrogens (tertiary/aromatic N) is 2. The van der Waals surface area contributed by atoms with Gasteiger partial charge in [-0.3, -0.25) is 0 Å². The van der Waals surface area contributed by atoms with Gasteiger partial charge in [0.1, 0.15) is 5.03 Å². The summed E-state index contributed by atoms with van der Waals surface area (Å²) in [5, 5.41) is 30.9. The second-order valence-corrected chi connectivity index (χ2v) is 7.43. The van der Waals surface area contributed by atoms with Crippen LogP contribution in [0, 0.1) is 11.3 Å². The van der Waals surface area contributed by atoms with E-state index >= 15 is 0 Å². The Labute approximate surface area is 176 Å². The molecule has 3 aromatic rings. The zero-order valence-electron chi connectivity index (χ0n) is 15.1. The molecule has 0 aliphatic heterocycles. The highest BCUT2D eigenvalue weighted by Gasteiger charge is 2.15. The van der Waals surface area contributed by atoms with E-state index in [2.05, 4.69) is 16.4 Å². The van der Waals surface area contributed by atoms with Crippen LogP contribution in [0.1, 0.15) is 16.7 Å². The highest BCUT2D eigenvalue weighted by Crippen LogP contribution is 2.39. The van der Waals surface area contributed by atoms with Crippen molar-refractivity contribution in [2.75, 3.05) is 0 Å². The molecule has 1 amide bonds. The third kappa shape index (κ3) is 5.06. The molecule has 0 bridgehead atoms. The maximum absolute atomic E-state index is 11.0. The fourth-order valence-electron chi connectivity index (χ4n) is 2.70. The van der Waals surface area contributed by atoms with Crippen molar-refractivity contribution in [2.45, 2.75) is 23.1 Å². The number of hydrogen-bond acceptors (Lipinski definition) is 5. The highest BCUT2D eigenvalue weighted by molar-refractivity contribution is 7.99. The Balaban J connectivity index is 2.04. The summed E-state index contributed by atoms with van der Waals surface area (Å²) in [6.45, 7) is -0.109. The Morgan fingerprint density at radius 3 is 2.59 bits per heavy atom. The predicted molar refractivity (Wildman–Crippen MR) is 111 cm³/mol. The number of amides is 1. The van der Waals surface area contributed by atoms with Crippen molar-refractivity contribution < 1.29 is 15.0 Å². The topological polar surface area (TPSA) is 106 Å². The van der Waals surface area contributed by atoms with Crippen molar-refractivity contribution in [3.63, 3.8) is 0 Å². The van der Waals surface area contributed by atoms with Crippen LogP contribution in [0.3, 0.4) is 0 Å². The second kappa shape index (κ2) is 9.43. The van der Waals surface area contributed by atoms with E-state index in [1.165, 1.54) is 11.8 Å². The van der Waals surface area contributed by atoms with Gasteiger partial charge in [-0.1, -0.05) is 41.6 Å². The molecule has 6 nitrogen and oxygen atoms in total. The van der Waals surface area contributed by atoms with E-state index < -0.39 is 6.09 Å². The summed E-state index contributed by atoms with van der Waals surface area (Å²) < 4.78 is 0. The van der Waals surface area contributed by atoms with Crippen LogP contribution in [0.15, 0.2) is 64.6 Å². The molecule has 0 aliphatic carbocycles. The van der Waals surface area contributed by atoms with Crippen LogP contribution >= 0.6 is 23.4 Å². The Morgan fingerprint density at radius 1 is 1.17 bits per heavy atom. The third-order valence-electron chi connectivity index (χ3n) is 4.12. The van der Waals surface area contributed by atoms with E-state index in [-0.39, 0.29) is 13.2 Å². The summed E-state index contributed by atoms with van der Waals surface area (Å²) in [5.41, 5.74) is 3.54. The number of halogens is 1. The van der Waals surface area contributed by atoms with Crippen molar-refractivity contribution in [3.8, 4) is 17.2 Å². The number of carbonyl (C=O) groups is 1. The minimum atomic E-state index is -1.14. The van der Waals surface area contributed by atoms with Gasteiger partial charge in [0.15, 0.2) is 0 Å². The van der Waals surface area contributed by atoms with Crippen molar-refractivity contribution in [1.29, 1.82) is 5.26 Å². The fraction of sp³-hybridized carbons (Fsp3) is 0.0952. The predicted octanol–water partition coefficient (Wildman–Crippen LogP) is 4.68. The molecule has 0 saturated heterocycles. The number of carboxylic acid groups (broad SMARTS) is 1. The van der Waals surface area contributed by atoms with Gasteiger partial charge < -0.3 is 15.5 Å². The van der Waals surface area contributed by atoms with E-state index in [1.54, 1.807) is 36.5 Å². The number of rotatable bonds is 6. The number of aliphatic hydroxyl groups is 1. The molecule has 1 heterocycles. The lowest BCUT2D eigenvalue weighted by molar-refractivity contribution is 0.194. The normalized spacial score (nSPS) is 10.4. The van der Waals surface area contributed by atoms with Gasteiger partial charge in [-0.25, -0.2) is 9.78 Å². The minimum absolute atomic E-state index is 0.0583. The number of aliphatic hydroxyl groups excluding tert-OH is 1. The number of hydrogen-bond donors (Lipinski definition) is 3. The Bertz CT molecular complexity index is 1080. The molecule has 0 fully saturated rings. The monoisotopic (exact) mass is 425 g/mol. The summed E-state index contributed by atoms with van der Waals surface area (Å²) in [6, 6.07) is 16.3. The van der Waals surface area contributed by atoms with E-state index in [0.717, 1.165) is 11.1 Å². The summed E-state index contributed by atoms with van der Waals surface area (Å²) in [4.78, 5) is 16.0. The van der Waals surface area contributed by atoms with Gasteiger partial charge >= 0.3 is 6.09 Å². The van der Waals surface area contributed by atoms with E-state index in [4.69, 9.17) is 22.0 Å². The van der Waals surface area contributed by atoms with Crippen LogP contribution in [-0.4, -0.2) is 21.3 Å². The Morgan fingerprint density at radius 2 is 1.93 bits per heavy atom. The maximum Gasteiger partial charge on any atom is 0.404 e. The zero-order valence-corrected chi connectivity index (χ0v) is 16.7. The lowest BCUT2D eigenvalue weighted by Gasteiger charge is -2.15. The fourth-order valence-corrected chi connectivity index (χ4v) is 4.05. The van der Waals surface area contributed by atoms with Crippen molar-refractivity contribution in [1.82, 2.24) is 10.3 Å². The molecule has 8 heteroatoms. The minimum Gasteiger partial charge on any atom is -0.465 e. The van der Waals surface area contributed by atoms with Gasteiger partial charge in [0, 0.05) is 23.2 Å². The summed E-state index contributed by atoms with van der Waals surface area (Å²) in [7, 11) is 0. The van der Waals surface area contributed by atoms with Gasteiger partial charge in [0.2, 0.25) is 0 Å². The molecule has 3 rings (SSSR count). The summed E-state index contributed by atoms with van der Waals surface area (Å²) in [5.74, 6) is 0. The maximum atomic E-state index is 11.0. The number of nitrogens with one attached hydrogen (secondary N) is 1. The van der Waals surface area contributed by atoms with Crippen LogP contribution in [0.25, 0.3) is 11.1 Å². The number of pyridine rings is 1. The largest absolute Gasteiger partial charge is 0.465 e. The molecule has 2 aromatic carbocycles. The van der Waals surface area contributed by atoms with Gasteiger partial charge in [-0.2, -0.15) is 5.26 Å². The average molecular weight is 426 g/mol. The van der Waals surface area contributed by atoms with Crippen LogP contribution < -0.4 is 5.32 Å². The van der Waals surface area contributed by atoms with Gasteiger partial charge in [-0.15, -0.1) is 0 Å². The van der Waals surface area contributed by atoms with Crippen molar-refractivity contribution in [3.05, 3.63) is 76.4 Å². The standard InChI is InChI=1S/C21H16ClN3O3S/c22-18-9-16(14-5-3-13(10-23)4-6-14)8-17(11-25-21(27)28)19(18)29-20-15(12-26)2-1-7-24-20/h1-9,25-26H,11-12H2,(H,27,28). The summed E-state index contributed by atoms with van der Waals surface area (Å²) in [6.07, 6.45) is 0.477. The van der Waals surface area contributed by atoms with Crippen LogP contribution in [0.4, 0.5) is 4.79 Å². The van der Waals surface area contributed by atoms with E-state index in [9.17, 15) is 9.90 Å². The first-order valence-electron chi connectivity index (χ1n) is 8.54. The molecule has 1 aromatic heterocycles. The lowest BCUT2D eigenvalue weighted by Crippen LogP contribution is -2.20. The van der Waals surface area contributed by atoms with Gasteiger partial charge in [-0.05, 0) is 47.0 Å². The first-order valence-corrected chi connectivity index (χ1v) is 9.73. The molecule has 3 N–H and O–H groups in total. The smallest absolute Gasteiger partial charge is 0.404 e. The first kappa shape index (κ1) is 20.7. The second-order valence-electron chi connectivity index (χ2n) is 6.02. The zero-order chi connectivity index (χ0) is 20.8. The number of nitriles is 1. The Hall–Kier alpha value is -3.05. The molecule has 0 spiro atoms. The third-order valence-corrected chi connectivity index (χ3v) is 5.77.